The Kier molecular flexibility index (Phi) is 3.20. The van der Waals surface area contributed by atoms with Crippen LogP contribution in [0.3, 0.4) is 0 Å². The Bertz CT molecular complexity index is 446. The average Bonchev–Trinajstić information content (AvgIpc) is 2.30. The van der Waals surface area contributed by atoms with Gasteiger partial charge in [-0.1, -0.05) is 24.3 Å². The third-order valence-electron chi connectivity index (χ3n) is 2.07. The second-order valence-electron chi connectivity index (χ2n) is 3.21. The summed E-state index contributed by atoms with van der Waals surface area (Å²) in [7, 11) is 0. The molecule has 0 radical (unpaired) electrons. The minimum absolute atomic E-state index is 0.982. The molecular weight excluding hydrogens is 202 g/mol. The molecule has 0 fully saturated rings. The van der Waals surface area contributed by atoms with E-state index in [9.17, 15) is 0 Å². The van der Waals surface area contributed by atoms with Crippen LogP contribution in [0.4, 0.5) is 0 Å². The summed E-state index contributed by atoms with van der Waals surface area (Å²) in [4.78, 5) is 4.95. The van der Waals surface area contributed by atoms with Crippen molar-refractivity contribution in [2.75, 3.05) is 0 Å². The highest BCUT2D eigenvalue weighted by molar-refractivity contribution is 7.80. The van der Waals surface area contributed by atoms with E-state index in [0.29, 0.717) is 0 Å². The number of rotatable bonds is 2. The first-order chi connectivity index (χ1) is 7.34. The van der Waals surface area contributed by atoms with Gasteiger partial charge in [-0.15, -0.1) is 12.6 Å². The van der Waals surface area contributed by atoms with Crippen molar-refractivity contribution in [3.05, 3.63) is 59.9 Å². The van der Waals surface area contributed by atoms with Gasteiger partial charge in [-0.2, -0.15) is 0 Å². The molecule has 0 saturated carbocycles. The first kappa shape index (κ1) is 9.99. The van der Waals surface area contributed by atoms with Gasteiger partial charge in [0.25, 0.3) is 0 Å². The first-order valence-corrected chi connectivity index (χ1v) is 5.16. The molecule has 2 rings (SSSR count). The molecule has 0 unspecified atom stereocenters. The number of thiol groups is 1. The Morgan fingerprint density at radius 3 is 1.93 bits per heavy atom. The Hall–Kier alpha value is -1.54. The monoisotopic (exact) mass is 213 g/mol. The SMILES string of the molecule is Sc1ccc(/C=C/c2ccncc2)cc1. The van der Waals surface area contributed by atoms with E-state index in [0.717, 1.165) is 10.5 Å². The summed E-state index contributed by atoms with van der Waals surface area (Å²) in [5.74, 6) is 0. The van der Waals surface area contributed by atoms with Crippen molar-refractivity contribution in [1.82, 2.24) is 4.98 Å². The predicted octanol–water partition coefficient (Wildman–Crippen LogP) is 3.54. The molecule has 1 aromatic carbocycles. The highest BCUT2D eigenvalue weighted by Gasteiger charge is 1.87. The lowest BCUT2D eigenvalue weighted by atomic mass is 10.1. The van der Waals surface area contributed by atoms with Crippen LogP contribution >= 0.6 is 12.6 Å². The molecule has 0 atom stereocenters. The lowest BCUT2D eigenvalue weighted by Gasteiger charge is -1.94. The smallest absolute Gasteiger partial charge is 0.0273 e. The second kappa shape index (κ2) is 4.80. The fraction of sp³-hybridized carbons (Fsp3) is 0. The molecule has 1 heterocycles. The maximum Gasteiger partial charge on any atom is 0.0273 e. The molecule has 15 heavy (non-hydrogen) atoms. The van der Waals surface area contributed by atoms with Gasteiger partial charge >= 0.3 is 0 Å². The molecule has 0 aliphatic heterocycles. The fourth-order valence-electron chi connectivity index (χ4n) is 1.25. The molecule has 0 saturated heterocycles. The number of nitrogens with zero attached hydrogens (tertiary/aromatic N) is 1. The zero-order valence-corrected chi connectivity index (χ0v) is 9.06. The molecule has 0 aliphatic carbocycles. The molecule has 0 amide bonds. The van der Waals surface area contributed by atoms with E-state index in [4.69, 9.17) is 0 Å². The second-order valence-corrected chi connectivity index (χ2v) is 3.72. The maximum absolute atomic E-state index is 4.24. The number of hydrogen-bond donors (Lipinski definition) is 1. The van der Waals surface area contributed by atoms with Gasteiger partial charge in [0.1, 0.15) is 0 Å². The molecule has 0 bridgehead atoms. The largest absolute Gasteiger partial charge is 0.265 e. The van der Waals surface area contributed by atoms with Crippen molar-refractivity contribution < 1.29 is 0 Å². The molecule has 1 aromatic heterocycles. The van der Waals surface area contributed by atoms with Crippen LogP contribution in [0.2, 0.25) is 0 Å². The normalized spacial score (nSPS) is 10.7. The number of hydrogen-bond acceptors (Lipinski definition) is 2. The van der Waals surface area contributed by atoms with E-state index in [1.165, 1.54) is 5.56 Å². The van der Waals surface area contributed by atoms with Crippen LogP contribution in [-0.2, 0) is 0 Å². The maximum atomic E-state index is 4.24. The summed E-state index contributed by atoms with van der Waals surface area (Å²) in [5.41, 5.74) is 2.32. The zero-order chi connectivity index (χ0) is 10.5. The summed E-state index contributed by atoms with van der Waals surface area (Å²) in [5, 5.41) is 0. The Labute approximate surface area is 94.9 Å². The van der Waals surface area contributed by atoms with Gasteiger partial charge in [0.2, 0.25) is 0 Å². The minimum atomic E-state index is 0.982. The van der Waals surface area contributed by atoms with Gasteiger partial charge in [0.15, 0.2) is 0 Å². The van der Waals surface area contributed by atoms with Crippen LogP contribution in [0.5, 0.6) is 0 Å². The third-order valence-corrected chi connectivity index (χ3v) is 2.37. The third kappa shape index (κ3) is 2.96. The molecule has 0 aliphatic rings. The van der Waals surface area contributed by atoms with Crippen molar-refractivity contribution in [1.29, 1.82) is 0 Å². The molecule has 2 aromatic rings. The number of aromatic nitrogens is 1. The predicted molar refractivity (Wildman–Crippen MR) is 66.9 cm³/mol. The molecular formula is C13H11NS. The van der Waals surface area contributed by atoms with E-state index in [2.05, 4.69) is 29.8 Å². The number of pyridine rings is 1. The molecule has 1 nitrogen and oxygen atoms in total. The summed E-state index contributed by atoms with van der Waals surface area (Å²) in [6.07, 6.45) is 7.71. The highest BCUT2D eigenvalue weighted by Crippen LogP contribution is 2.10. The summed E-state index contributed by atoms with van der Waals surface area (Å²) in [6.45, 7) is 0. The lowest BCUT2D eigenvalue weighted by molar-refractivity contribution is 1.32. The van der Waals surface area contributed by atoms with Crippen LogP contribution in [0.15, 0.2) is 53.7 Å². The quantitative estimate of drug-likeness (QED) is 0.753. The summed E-state index contributed by atoms with van der Waals surface area (Å²) >= 11 is 4.24. The summed E-state index contributed by atoms with van der Waals surface area (Å²) < 4.78 is 0. The Morgan fingerprint density at radius 2 is 1.33 bits per heavy atom. The molecule has 0 N–H and O–H groups in total. The van der Waals surface area contributed by atoms with E-state index >= 15 is 0 Å². The van der Waals surface area contributed by atoms with Gasteiger partial charge in [-0.05, 0) is 35.4 Å². The first-order valence-electron chi connectivity index (χ1n) is 4.72. The van der Waals surface area contributed by atoms with Gasteiger partial charge in [0, 0.05) is 17.3 Å². The van der Waals surface area contributed by atoms with Gasteiger partial charge in [-0.25, -0.2) is 0 Å². The minimum Gasteiger partial charge on any atom is -0.265 e. The topological polar surface area (TPSA) is 12.9 Å². The van der Waals surface area contributed by atoms with Crippen molar-refractivity contribution in [3.8, 4) is 0 Å². The van der Waals surface area contributed by atoms with Crippen molar-refractivity contribution >= 4 is 24.8 Å². The highest BCUT2D eigenvalue weighted by atomic mass is 32.1. The number of benzene rings is 1. The van der Waals surface area contributed by atoms with Crippen LogP contribution in [0.25, 0.3) is 12.2 Å². The zero-order valence-electron chi connectivity index (χ0n) is 8.17. The van der Waals surface area contributed by atoms with E-state index < -0.39 is 0 Å². The molecule has 0 spiro atoms. The Balaban J connectivity index is 2.15. The van der Waals surface area contributed by atoms with E-state index in [-0.39, 0.29) is 0 Å². The van der Waals surface area contributed by atoms with Gasteiger partial charge in [0.05, 0.1) is 0 Å². The van der Waals surface area contributed by atoms with E-state index in [1.54, 1.807) is 12.4 Å². The molecule has 2 heteroatoms. The van der Waals surface area contributed by atoms with Gasteiger partial charge < -0.3 is 0 Å². The van der Waals surface area contributed by atoms with Crippen LogP contribution < -0.4 is 0 Å². The summed E-state index contributed by atoms with van der Waals surface area (Å²) in [6, 6.07) is 12.0. The van der Waals surface area contributed by atoms with Crippen LogP contribution in [-0.4, -0.2) is 4.98 Å². The lowest BCUT2D eigenvalue weighted by Crippen LogP contribution is -1.74. The van der Waals surface area contributed by atoms with E-state index in [1.807, 2.05) is 36.4 Å². The van der Waals surface area contributed by atoms with Crippen molar-refractivity contribution in [3.63, 3.8) is 0 Å². The van der Waals surface area contributed by atoms with Crippen molar-refractivity contribution in [2.24, 2.45) is 0 Å². The van der Waals surface area contributed by atoms with Gasteiger partial charge in [-0.3, -0.25) is 4.98 Å². The molecule has 74 valence electrons. The standard InChI is InChI=1S/C13H11NS/c15-13-5-3-11(4-6-13)1-2-12-7-9-14-10-8-12/h1-10,15H/b2-1+. The van der Waals surface area contributed by atoms with Crippen LogP contribution in [0, 0.1) is 0 Å². The average molecular weight is 213 g/mol. The fourth-order valence-corrected chi connectivity index (χ4v) is 1.40. The van der Waals surface area contributed by atoms with Crippen LogP contribution in [0.1, 0.15) is 11.1 Å². The van der Waals surface area contributed by atoms with Crippen molar-refractivity contribution in [2.45, 2.75) is 4.90 Å². The Morgan fingerprint density at radius 1 is 0.800 bits per heavy atom.